The van der Waals surface area contributed by atoms with Gasteiger partial charge in [0.15, 0.2) is 5.84 Å². The normalized spacial score (nSPS) is 18.5. The van der Waals surface area contributed by atoms with Gasteiger partial charge in [-0.2, -0.15) is 0 Å². The Kier molecular flexibility index (Phi) is 7.28. The minimum atomic E-state index is -1.10. The second kappa shape index (κ2) is 9.16. The molecule has 1 unspecified atom stereocenters. The first-order valence-corrected chi connectivity index (χ1v) is 9.47. The number of pyridine rings is 1. The van der Waals surface area contributed by atoms with E-state index in [4.69, 9.17) is 28.9 Å². The number of hydrogen-bond acceptors (Lipinski definition) is 5. The molecule has 0 radical (unpaired) electrons. The maximum absolute atomic E-state index is 14.6. The van der Waals surface area contributed by atoms with Crippen LogP contribution >= 0.6 is 35.6 Å². The topological polar surface area (TPSA) is 101 Å². The Hall–Kier alpha value is -2.42. The largest absolute Gasteiger partial charge is 0.379 e. The molecule has 1 aromatic carbocycles. The number of carbonyl (C=O) groups excluding carboxylic acids is 2. The van der Waals surface area contributed by atoms with Crippen molar-refractivity contribution in [3.8, 4) is 0 Å². The lowest BCUT2D eigenvalue weighted by Gasteiger charge is -2.37. The van der Waals surface area contributed by atoms with Gasteiger partial charge in [-0.1, -0.05) is 23.2 Å². The molecule has 7 nitrogen and oxygen atoms in total. The first-order valence-electron chi connectivity index (χ1n) is 8.71. The van der Waals surface area contributed by atoms with Crippen LogP contribution in [0, 0.1) is 5.82 Å². The monoisotopic (exact) mass is 473 g/mol. The Morgan fingerprint density at radius 2 is 2.07 bits per heavy atom. The van der Waals surface area contributed by atoms with Crippen LogP contribution < -0.4 is 11.1 Å². The van der Waals surface area contributed by atoms with Crippen LogP contribution in [0.15, 0.2) is 35.5 Å². The van der Waals surface area contributed by atoms with E-state index in [2.05, 4.69) is 15.3 Å². The number of nitrogens with one attached hydrogen (secondary N) is 1. The number of hydrogen-bond donors (Lipinski definition) is 2. The fraction of sp³-hybridized carbons (Fsp3) is 0.263. The smallest absolute Gasteiger partial charge is 0.288 e. The van der Waals surface area contributed by atoms with E-state index >= 15 is 0 Å². The first-order chi connectivity index (χ1) is 13.6. The van der Waals surface area contributed by atoms with E-state index < -0.39 is 23.2 Å². The lowest BCUT2D eigenvalue weighted by atomic mass is 9.89. The lowest BCUT2D eigenvalue weighted by Crippen LogP contribution is -2.52. The molecule has 1 aliphatic heterocycles. The van der Waals surface area contributed by atoms with Crippen LogP contribution in [0.3, 0.4) is 0 Å². The number of nitrogens with two attached hydrogens (primary N) is 1. The van der Waals surface area contributed by atoms with Gasteiger partial charge in [-0.3, -0.25) is 14.6 Å². The highest BCUT2D eigenvalue weighted by Gasteiger charge is 2.38. The van der Waals surface area contributed by atoms with E-state index in [9.17, 15) is 14.0 Å². The molecule has 0 fully saturated rings. The van der Waals surface area contributed by atoms with Crippen molar-refractivity contribution < 1.29 is 14.0 Å². The molecule has 0 spiro atoms. The Balaban J connectivity index is 0.00000320. The third-order valence-electron chi connectivity index (χ3n) is 4.58. The van der Waals surface area contributed by atoms with Gasteiger partial charge in [0.05, 0.1) is 16.6 Å². The molecule has 11 heteroatoms. The zero-order valence-electron chi connectivity index (χ0n) is 16.1. The van der Waals surface area contributed by atoms with Crippen LogP contribution in [-0.4, -0.2) is 40.6 Å². The number of aliphatic imine (C=N–C) groups is 1. The molecule has 3 rings (SSSR count). The molecule has 160 valence electrons. The van der Waals surface area contributed by atoms with E-state index in [1.807, 2.05) is 0 Å². The summed E-state index contributed by atoms with van der Waals surface area (Å²) in [5, 5.41) is 3.02. The summed E-state index contributed by atoms with van der Waals surface area (Å²) < 4.78 is 14.6. The average molecular weight is 475 g/mol. The van der Waals surface area contributed by atoms with Crippen molar-refractivity contribution in [2.45, 2.75) is 19.4 Å². The van der Waals surface area contributed by atoms with Crippen molar-refractivity contribution in [2.24, 2.45) is 10.7 Å². The van der Waals surface area contributed by atoms with Crippen molar-refractivity contribution in [3.05, 3.63) is 57.6 Å². The zero-order valence-corrected chi connectivity index (χ0v) is 18.4. The van der Waals surface area contributed by atoms with Gasteiger partial charge < -0.3 is 16.0 Å². The van der Waals surface area contributed by atoms with Crippen molar-refractivity contribution in [1.82, 2.24) is 9.88 Å². The summed E-state index contributed by atoms with van der Waals surface area (Å²) in [6, 6.07) is 5.48. The average Bonchev–Trinajstić information content (AvgIpc) is 2.66. The molecule has 1 aliphatic rings. The van der Waals surface area contributed by atoms with Gasteiger partial charge in [0.25, 0.3) is 11.8 Å². The molecule has 1 atom stereocenters. The molecule has 2 heterocycles. The van der Waals surface area contributed by atoms with E-state index in [1.54, 1.807) is 13.8 Å². The molecule has 0 saturated heterocycles. The molecule has 3 N–H and O–H groups in total. The Labute approximate surface area is 188 Å². The number of amidine groups is 1. The highest BCUT2D eigenvalue weighted by atomic mass is 35.5. The van der Waals surface area contributed by atoms with Crippen LogP contribution in [0.5, 0.6) is 0 Å². The van der Waals surface area contributed by atoms with Gasteiger partial charge in [-0.15, -0.1) is 12.4 Å². The minimum Gasteiger partial charge on any atom is -0.379 e. The summed E-state index contributed by atoms with van der Waals surface area (Å²) in [5.74, 6) is -1.69. The zero-order chi connectivity index (χ0) is 21.3. The first kappa shape index (κ1) is 23.9. The number of aromatic nitrogens is 1. The minimum absolute atomic E-state index is 0. The Morgan fingerprint density at radius 1 is 1.37 bits per heavy atom. The van der Waals surface area contributed by atoms with Crippen LogP contribution in [0.4, 0.5) is 10.1 Å². The van der Waals surface area contributed by atoms with Crippen molar-refractivity contribution in [1.29, 1.82) is 0 Å². The second-order valence-corrected chi connectivity index (χ2v) is 7.57. The van der Waals surface area contributed by atoms with Gasteiger partial charge >= 0.3 is 0 Å². The van der Waals surface area contributed by atoms with E-state index in [1.165, 1.54) is 35.4 Å². The molecule has 1 aromatic heterocycles. The third kappa shape index (κ3) is 4.66. The molecule has 2 aromatic rings. The number of benzene rings is 1. The van der Waals surface area contributed by atoms with Gasteiger partial charge in [0.1, 0.15) is 17.1 Å². The fourth-order valence-electron chi connectivity index (χ4n) is 3.14. The van der Waals surface area contributed by atoms with Crippen LogP contribution in [-0.2, 0) is 10.3 Å². The molecule has 30 heavy (non-hydrogen) atoms. The summed E-state index contributed by atoms with van der Waals surface area (Å²) in [6.45, 7) is 4.04. The predicted octanol–water partition coefficient (Wildman–Crippen LogP) is 3.64. The maximum Gasteiger partial charge on any atom is 0.288 e. The second-order valence-electron chi connectivity index (χ2n) is 6.72. The summed E-state index contributed by atoms with van der Waals surface area (Å²) in [5.41, 5.74) is 5.15. The SMILES string of the molecule is CCN1CC(C)(c2cc(NC(=O)c3ncc(Cl)cc3Cl)ccc2F)N=C(N)C1=O.Cl. The number of amides is 2. The highest BCUT2D eigenvalue weighted by molar-refractivity contribution is 6.38. The van der Waals surface area contributed by atoms with Crippen molar-refractivity contribution in [2.75, 3.05) is 18.4 Å². The van der Waals surface area contributed by atoms with Crippen molar-refractivity contribution >= 4 is 58.9 Å². The molecular weight excluding hydrogens is 456 g/mol. The summed E-state index contributed by atoms with van der Waals surface area (Å²) >= 11 is 11.8. The lowest BCUT2D eigenvalue weighted by molar-refractivity contribution is -0.125. The van der Waals surface area contributed by atoms with E-state index in [-0.39, 0.29) is 41.1 Å². The molecule has 2 amide bonds. The molecule has 0 aliphatic carbocycles. The van der Waals surface area contributed by atoms with Gasteiger partial charge in [0, 0.05) is 24.0 Å². The summed E-state index contributed by atoms with van der Waals surface area (Å²) in [7, 11) is 0. The quantitative estimate of drug-likeness (QED) is 0.706. The molecule has 0 bridgehead atoms. The highest BCUT2D eigenvalue weighted by Crippen LogP contribution is 2.33. The number of carbonyl (C=O) groups is 2. The number of halogens is 4. The Morgan fingerprint density at radius 3 is 2.70 bits per heavy atom. The Bertz CT molecular complexity index is 1030. The standard InChI is InChI=1S/C19H18Cl2FN5O2.ClH/c1-3-27-9-19(2,26-16(23)18(27)29)12-7-11(4-5-14(12)22)25-17(28)15-13(21)6-10(20)8-24-15;/h4-8H,3,9H2,1-2H3,(H2,23,26)(H,25,28);1H. The van der Waals surface area contributed by atoms with Crippen molar-refractivity contribution in [3.63, 3.8) is 0 Å². The van der Waals surface area contributed by atoms with Crippen LogP contribution in [0.1, 0.15) is 29.9 Å². The van der Waals surface area contributed by atoms with Crippen LogP contribution in [0.25, 0.3) is 0 Å². The van der Waals surface area contributed by atoms with Crippen LogP contribution in [0.2, 0.25) is 10.0 Å². The number of anilines is 1. The summed E-state index contributed by atoms with van der Waals surface area (Å²) in [4.78, 5) is 34.2. The molecule has 0 saturated carbocycles. The number of likely N-dealkylation sites (N-methyl/N-ethyl adjacent to an activating group) is 1. The van der Waals surface area contributed by atoms with Gasteiger partial charge in [-0.25, -0.2) is 9.37 Å². The van der Waals surface area contributed by atoms with E-state index in [0.717, 1.165) is 0 Å². The third-order valence-corrected chi connectivity index (χ3v) is 5.08. The fourth-order valence-corrected chi connectivity index (χ4v) is 3.61. The predicted molar refractivity (Wildman–Crippen MR) is 117 cm³/mol. The summed E-state index contributed by atoms with van der Waals surface area (Å²) in [6.07, 6.45) is 1.30. The molecular formula is C19H19Cl3FN5O2. The van der Waals surface area contributed by atoms with Gasteiger partial charge in [-0.05, 0) is 38.1 Å². The van der Waals surface area contributed by atoms with Gasteiger partial charge in [0.2, 0.25) is 0 Å². The van der Waals surface area contributed by atoms with E-state index in [0.29, 0.717) is 17.3 Å². The number of nitrogens with zero attached hydrogens (tertiary/aromatic N) is 3. The number of rotatable bonds is 4. The maximum atomic E-state index is 14.6.